The number of halogens is 3. The first-order valence-corrected chi connectivity index (χ1v) is 5.94. The fourth-order valence-electron chi connectivity index (χ4n) is 1.52. The first kappa shape index (κ1) is 15.1. The number of benzene rings is 1. The molecule has 9 heteroatoms. The number of carboxylic acids is 1. The van der Waals surface area contributed by atoms with Gasteiger partial charge in [-0.1, -0.05) is 0 Å². The predicted octanol–water partition coefficient (Wildman–Crippen LogP) is 2.81. The lowest BCUT2D eigenvalue weighted by Crippen LogP contribution is -2.05. The molecule has 0 radical (unpaired) electrons. The van der Waals surface area contributed by atoms with Crippen molar-refractivity contribution in [2.24, 2.45) is 0 Å². The minimum Gasteiger partial charge on any atom is -0.478 e. The Morgan fingerprint density at radius 2 is 2.05 bits per heavy atom. The van der Waals surface area contributed by atoms with Gasteiger partial charge in [-0.15, -0.1) is 17.7 Å². The van der Waals surface area contributed by atoms with Gasteiger partial charge >= 0.3 is 12.1 Å². The minimum atomic E-state index is -4.50. The summed E-state index contributed by atoms with van der Waals surface area (Å²) in [5.74, 6) is -1.14. The van der Waals surface area contributed by atoms with Crippen LogP contribution < -0.4 is 0 Å². The Kier molecular flexibility index (Phi) is 4.03. The first-order valence-electron chi connectivity index (χ1n) is 5.49. The molecule has 0 fully saturated rings. The zero-order valence-corrected chi connectivity index (χ0v) is 11.1. The molecule has 0 amide bonds. The van der Waals surface area contributed by atoms with Crippen LogP contribution in [0.15, 0.2) is 35.5 Å². The average molecular weight is 315 g/mol. The largest absolute Gasteiger partial charge is 0.478 e. The van der Waals surface area contributed by atoms with Crippen LogP contribution in [-0.4, -0.2) is 25.8 Å². The summed E-state index contributed by atoms with van der Waals surface area (Å²) >= 11 is 3.93. The van der Waals surface area contributed by atoms with Gasteiger partial charge in [-0.2, -0.15) is 13.2 Å². The van der Waals surface area contributed by atoms with Crippen LogP contribution in [0.5, 0.6) is 0 Å². The zero-order chi connectivity index (χ0) is 15.6. The second kappa shape index (κ2) is 5.60. The molecule has 0 atom stereocenters. The SMILES string of the molecule is O=C(O)/C=C\n1cnc(-c2cc(S)cc(C(F)(F)F)c2)n1. The molecule has 1 heterocycles. The molecule has 1 N–H and O–H groups in total. The summed E-state index contributed by atoms with van der Waals surface area (Å²) in [4.78, 5) is 14.3. The second-order valence-corrected chi connectivity index (χ2v) is 4.48. The van der Waals surface area contributed by atoms with Gasteiger partial charge < -0.3 is 5.11 Å². The molecular formula is C12H8F3N3O2S. The van der Waals surface area contributed by atoms with Crippen LogP contribution in [0.1, 0.15) is 5.56 Å². The van der Waals surface area contributed by atoms with Gasteiger partial charge in [0.15, 0.2) is 5.82 Å². The molecule has 5 nitrogen and oxygen atoms in total. The molecule has 2 rings (SSSR count). The fraction of sp³-hybridized carbons (Fsp3) is 0.0833. The third-order valence-electron chi connectivity index (χ3n) is 2.38. The Morgan fingerprint density at radius 1 is 1.33 bits per heavy atom. The second-order valence-electron chi connectivity index (χ2n) is 3.97. The molecule has 1 aromatic carbocycles. The van der Waals surface area contributed by atoms with Crippen molar-refractivity contribution in [1.29, 1.82) is 0 Å². The Labute approximate surface area is 122 Å². The van der Waals surface area contributed by atoms with E-state index in [9.17, 15) is 18.0 Å². The van der Waals surface area contributed by atoms with E-state index in [1.807, 2.05) is 0 Å². The van der Waals surface area contributed by atoms with E-state index in [1.165, 1.54) is 12.4 Å². The normalized spacial score (nSPS) is 12.0. The van der Waals surface area contributed by atoms with Gasteiger partial charge in [0.2, 0.25) is 0 Å². The Morgan fingerprint density at radius 3 is 2.67 bits per heavy atom. The quantitative estimate of drug-likeness (QED) is 0.675. The van der Waals surface area contributed by atoms with Crippen LogP contribution in [-0.2, 0) is 11.0 Å². The molecule has 21 heavy (non-hydrogen) atoms. The summed E-state index contributed by atoms with van der Waals surface area (Å²) in [5.41, 5.74) is -0.722. The van der Waals surface area contributed by atoms with E-state index in [1.54, 1.807) is 0 Å². The third kappa shape index (κ3) is 3.85. The van der Waals surface area contributed by atoms with Gasteiger partial charge in [0.1, 0.15) is 6.33 Å². The lowest BCUT2D eigenvalue weighted by molar-refractivity contribution is -0.137. The van der Waals surface area contributed by atoms with Crippen molar-refractivity contribution in [3.63, 3.8) is 0 Å². The highest BCUT2D eigenvalue weighted by atomic mass is 32.1. The summed E-state index contributed by atoms with van der Waals surface area (Å²) in [5, 5.41) is 12.3. The highest BCUT2D eigenvalue weighted by molar-refractivity contribution is 7.80. The van der Waals surface area contributed by atoms with Crippen LogP contribution in [0.25, 0.3) is 17.6 Å². The predicted molar refractivity (Wildman–Crippen MR) is 70.7 cm³/mol. The number of hydrogen-bond acceptors (Lipinski definition) is 4. The summed E-state index contributed by atoms with van der Waals surface area (Å²) in [6.45, 7) is 0. The maximum Gasteiger partial charge on any atom is 0.416 e. The molecule has 110 valence electrons. The van der Waals surface area contributed by atoms with Gasteiger partial charge in [-0.25, -0.2) is 14.5 Å². The van der Waals surface area contributed by atoms with Gasteiger partial charge in [-0.05, 0) is 18.2 Å². The van der Waals surface area contributed by atoms with Crippen molar-refractivity contribution < 1.29 is 23.1 Å². The first-order chi connectivity index (χ1) is 9.75. The number of carbonyl (C=O) groups is 1. The Bertz CT molecular complexity index is 710. The number of thiol groups is 1. The van der Waals surface area contributed by atoms with E-state index < -0.39 is 17.7 Å². The molecule has 1 aromatic heterocycles. The van der Waals surface area contributed by atoms with Gasteiger partial charge in [0.25, 0.3) is 0 Å². The van der Waals surface area contributed by atoms with Crippen molar-refractivity contribution in [3.8, 4) is 11.4 Å². The van der Waals surface area contributed by atoms with Crippen LogP contribution in [0.4, 0.5) is 13.2 Å². The van der Waals surface area contributed by atoms with Gasteiger partial charge in [-0.3, -0.25) is 0 Å². The zero-order valence-electron chi connectivity index (χ0n) is 10.2. The van der Waals surface area contributed by atoms with Gasteiger partial charge in [0.05, 0.1) is 5.56 Å². The molecule has 2 aromatic rings. The maximum atomic E-state index is 12.7. The smallest absolute Gasteiger partial charge is 0.416 e. The van der Waals surface area contributed by atoms with Crippen LogP contribution in [0.3, 0.4) is 0 Å². The molecule has 0 saturated heterocycles. The van der Waals surface area contributed by atoms with Crippen LogP contribution in [0.2, 0.25) is 0 Å². The number of alkyl halides is 3. The van der Waals surface area contributed by atoms with Gasteiger partial charge in [0, 0.05) is 22.7 Å². The van der Waals surface area contributed by atoms with Crippen molar-refractivity contribution in [3.05, 3.63) is 36.2 Å². The molecule has 0 bridgehead atoms. The Hall–Kier alpha value is -2.29. The minimum absolute atomic E-state index is 0.0337. The van der Waals surface area contributed by atoms with E-state index in [-0.39, 0.29) is 16.3 Å². The van der Waals surface area contributed by atoms with E-state index in [2.05, 4.69) is 22.7 Å². The fourth-order valence-corrected chi connectivity index (χ4v) is 1.80. The van der Waals surface area contributed by atoms with Crippen LogP contribution in [0, 0.1) is 0 Å². The average Bonchev–Trinajstić information content (AvgIpc) is 2.83. The number of aliphatic carboxylic acids is 1. The van der Waals surface area contributed by atoms with Crippen LogP contribution >= 0.6 is 12.6 Å². The van der Waals surface area contributed by atoms with Crippen molar-refractivity contribution in [2.45, 2.75) is 11.1 Å². The molecule has 0 aliphatic rings. The summed E-state index contributed by atoms with van der Waals surface area (Å²) in [7, 11) is 0. The lowest BCUT2D eigenvalue weighted by Gasteiger charge is -2.08. The van der Waals surface area contributed by atoms with Crippen molar-refractivity contribution in [1.82, 2.24) is 14.8 Å². The maximum absolute atomic E-state index is 12.7. The summed E-state index contributed by atoms with van der Waals surface area (Å²) < 4.78 is 39.3. The molecule has 0 aliphatic carbocycles. The van der Waals surface area contributed by atoms with E-state index in [0.717, 1.165) is 29.1 Å². The topological polar surface area (TPSA) is 68.0 Å². The molecule has 0 saturated carbocycles. The van der Waals surface area contributed by atoms with E-state index in [0.29, 0.717) is 0 Å². The number of aromatic nitrogens is 3. The monoisotopic (exact) mass is 315 g/mol. The Balaban J connectivity index is 2.39. The number of hydrogen-bond donors (Lipinski definition) is 2. The molecule has 0 aliphatic heterocycles. The standard InChI is InChI=1S/C12H8F3N3O2S/c13-12(14,15)8-3-7(4-9(21)5-8)11-16-6-18(17-11)2-1-10(19)20/h1-6,21H,(H,19,20)/b2-1-. The molecule has 0 spiro atoms. The highest BCUT2D eigenvalue weighted by Gasteiger charge is 2.31. The number of nitrogens with zero attached hydrogens (tertiary/aromatic N) is 3. The summed E-state index contributed by atoms with van der Waals surface area (Å²) in [6.07, 6.45) is -1.37. The lowest BCUT2D eigenvalue weighted by atomic mass is 10.1. The van der Waals surface area contributed by atoms with Crippen molar-refractivity contribution in [2.75, 3.05) is 0 Å². The molecular weight excluding hydrogens is 307 g/mol. The van der Waals surface area contributed by atoms with E-state index >= 15 is 0 Å². The summed E-state index contributed by atoms with van der Waals surface area (Å²) in [6, 6.07) is 3.19. The number of rotatable bonds is 3. The molecule has 0 unspecified atom stereocenters. The number of carboxylic acid groups (broad SMARTS) is 1. The highest BCUT2D eigenvalue weighted by Crippen LogP contribution is 2.33. The van der Waals surface area contributed by atoms with E-state index in [4.69, 9.17) is 5.11 Å². The van der Waals surface area contributed by atoms with Crippen molar-refractivity contribution >= 4 is 24.8 Å². The third-order valence-corrected chi connectivity index (χ3v) is 2.64.